The topological polar surface area (TPSA) is 30.7 Å². The summed E-state index contributed by atoms with van der Waals surface area (Å²) in [7, 11) is 0. The molecule has 32 heavy (non-hydrogen) atoms. The van der Waals surface area contributed by atoms with E-state index in [2.05, 4.69) is 75.1 Å². The summed E-state index contributed by atoms with van der Waals surface area (Å²) in [4.78, 5) is 10.1. The molecule has 1 aliphatic rings. The minimum Gasteiger partial charge on any atom is -0.326 e. The highest BCUT2D eigenvalue weighted by molar-refractivity contribution is 7.99. The molecule has 0 N–H and O–H groups in total. The van der Waals surface area contributed by atoms with Crippen LogP contribution in [-0.4, -0.2) is 26.0 Å². The van der Waals surface area contributed by atoms with Crippen molar-refractivity contribution >= 4 is 28.7 Å². The molecular formula is C27H37N3S2. The van der Waals surface area contributed by atoms with Gasteiger partial charge in [-0.3, -0.25) is 0 Å². The Balaban J connectivity index is 1.97. The third-order valence-corrected chi connectivity index (χ3v) is 8.16. The van der Waals surface area contributed by atoms with Gasteiger partial charge >= 0.3 is 0 Å². The minimum absolute atomic E-state index is 0.739. The zero-order valence-corrected chi connectivity index (χ0v) is 21.9. The lowest BCUT2D eigenvalue weighted by atomic mass is 9.95. The number of allylic oxidation sites excluding steroid dienone is 7. The van der Waals surface area contributed by atoms with E-state index in [1.165, 1.54) is 46.8 Å². The maximum atomic E-state index is 5.10. The molecular weight excluding hydrogens is 430 g/mol. The van der Waals surface area contributed by atoms with Gasteiger partial charge in [-0.2, -0.15) is 11.8 Å². The smallest absolute Gasteiger partial charge is 0.169 e. The summed E-state index contributed by atoms with van der Waals surface area (Å²) in [5.41, 5.74) is 7.24. The summed E-state index contributed by atoms with van der Waals surface area (Å²) in [5.74, 6) is 4.33. The van der Waals surface area contributed by atoms with E-state index in [-0.39, 0.29) is 0 Å². The number of imidazole rings is 1. The van der Waals surface area contributed by atoms with Crippen LogP contribution in [0.25, 0.3) is 16.4 Å². The number of thioether (sulfide) groups is 1. The second-order valence-electron chi connectivity index (χ2n) is 8.55. The van der Waals surface area contributed by atoms with Gasteiger partial charge in [0.25, 0.3) is 0 Å². The fraction of sp³-hybridized carbons (Fsp3) is 0.481. The van der Waals surface area contributed by atoms with Crippen LogP contribution >= 0.6 is 23.1 Å². The standard InChI is InChI=1S/C27H37N3S2/c1-7-10-12-24(19(4)11-8-2)23(9-3)25-18-32-27(29-25)26-28-20(5)21(6)30(26)17-22-13-15-31-16-14-22/h7,9-10,12,18,22H,1,8,11,13-17H2,2-6H3/b12-10-,23-9+,24-19-. The van der Waals surface area contributed by atoms with Crippen molar-refractivity contribution in [1.82, 2.24) is 14.5 Å². The van der Waals surface area contributed by atoms with E-state index in [1.807, 2.05) is 12.2 Å². The monoisotopic (exact) mass is 467 g/mol. The summed E-state index contributed by atoms with van der Waals surface area (Å²) in [6, 6.07) is 0. The lowest BCUT2D eigenvalue weighted by Crippen LogP contribution is -2.17. The van der Waals surface area contributed by atoms with Gasteiger partial charge in [0.2, 0.25) is 0 Å². The highest BCUT2D eigenvalue weighted by Gasteiger charge is 2.22. The first kappa shape index (κ1) is 24.8. The van der Waals surface area contributed by atoms with E-state index in [4.69, 9.17) is 9.97 Å². The molecule has 0 radical (unpaired) electrons. The van der Waals surface area contributed by atoms with Crippen LogP contribution in [0.15, 0.2) is 47.4 Å². The first-order valence-corrected chi connectivity index (χ1v) is 13.8. The Hall–Kier alpha value is -1.85. The van der Waals surface area contributed by atoms with Crippen molar-refractivity contribution in [2.75, 3.05) is 11.5 Å². The quantitative estimate of drug-likeness (QED) is 0.350. The van der Waals surface area contributed by atoms with Crippen LogP contribution in [0.1, 0.15) is 63.5 Å². The van der Waals surface area contributed by atoms with Gasteiger partial charge in [0.15, 0.2) is 10.8 Å². The Morgan fingerprint density at radius 1 is 1.25 bits per heavy atom. The van der Waals surface area contributed by atoms with Crippen molar-refractivity contribution in [3.05, 3.63) is 64.5 Å². The molecule has 172 valence electrons. The Bertz CT molecular complexity index is 1010. The molecule has 0 unspecified atom stereocenters. The van der Waals surface area contributed by atoms with Gasteiger partial charge in [-0.15, -0.1) is 11.3 Å². The van der Waals surface area contributed by atoms with Gasteiger partial charge in [-0.25, -0.2) is 9.97 Å². The zero-order valence-electron chi connectivity index (χ0n) is 20.3. The maximum absolute atomic E-state index is 5.10. The normalized spacial score (nSPS) is 16.6. The molecule has 3 rings (SSSR count). The molecule has 0 bridgehead atoms. The number of rotatable bonds is 9. The Labute approximate surface area is 202 Å². The van der Waals surface area contributed by atoms with Gasteiger partial charge in [-0.05, 0) is 70.0 Å². The molecule has 1 aliphatic heterocycles. The summed E-state index contributed by atoms with van der Waals surface area (Å²) >= 11 is 3.79. The summed E-state index contributed by atoms with van der Waals surface area (Å²) < 4.78 is 2.42. The van der Waals surface area contributed by atoms with Crippen LogP contribution in [0.5, 0.6) is 0 Å². The first-order chi connectivity index (χ1) is 15.5. The van der Waals surface area contributed by atoms with Crippen molar-refractivity contribution in [3.8, 4) is 10.8 Å². The molecule has 1 fully saturated rings. The van der Waals surface area contributed by atoms with Crippen molar-refractivity contribution < 1.29 is 0 Å². The number of aromatic nitrogens is 3. The number of thiazole rings is 1. The third kappa shape index (κ3) is 5.74. The zero-order chi connectivity index (χ0) is 23.1. The molecule has 0 amide bonds. The van der Waals surface area contributed by atoms with Crippen molar-refractivity contribution in [1.29, 1.82) is 0 Å². The average molecular weight is 468 g/mol. The molecule has 0 atom stereocenters. The first-order valence-electron chi connectivity index (χ1n) is 11.7. The molecule has 1 saturated heterocycles. The highest BCUT2D eigenvalue weighted by atomic mass is 32.2. The van der Waals surface area contributed by atoms with Crippen molar-refractivity contribution in [2.24, 2.45) is 5.92 Å². The summed E-state index contributed by atoms with van der Waals surface area (Å²) in [6.07, 6.45) is 13.0. The fourth-order valence-electron chi connectivity index (χ4n) is 4.31. The number of aryl methyl sites for hydroxylation is 1. The van der Waals surface area contributed by atoms with Crippen LogP contribution in [0.3, 0.4) is 0 Å². The molecule has 0 aliphatic carbocycles. The average Bonchev–Trinajstić information content (AvgIpc) is 3.38. The van der Waals surface area contributed by atoms with E-state index in [0.29, 0.717) is 0 Å². The SMILES string of the molecule is C=C\C=C/C(=C(\C)CCC)C(=C\C)/c1csc(-c2nc(C)c(C)n2CC2CCSCC2)n1. The molecule has 3 heterocycles. The van der Waals surface area contributed by atoms with Gasteiger partial charge in [0.1, 0.15) is 0 Å². The van der Waals surface area contributed by atoms with E-state index in [0.717, 1.165) is 47.5 Å². The maximum Gasteiger partial charge on any atom is 0.169 e. The largest absolute Gasteiger partial charge is 0.326 e. The Kier molecular flexibility index (Phi) is 9.18. The number of hydrogen-bond donors (Lipinski definition) is 0. The van der Waals surface area contributed by atoms with Crippen molar-refractivity contribution in [3.63, 3.8) is 0 Å². The molecule has 2 aromatic heterocycles. The second kappa shape index (κ2) is 11.9. The molecule has 0 spiro atoms. The second-order valence-corrected chi connectivity index (χ2v) is 10.6. The molecule has 0 aromatic carbocycles. The van der Waals surface area contributed by atoms with Gasteiger partial charge in [-0.1, -0.05) is 49.8 Å². The van der Waals surface area contributed by atoms with Gasteiger partial charge in [0, 0.05) is 23.2 Å². The summed E-state index contributed by atoms with van der Waals surface area (Å²) in [5, 5.41) is 3.20. The van der Waals surface area contributed by atoms with Crippen LogP contribution in [0.4, 0.5) is 0 Å². The van der Waals surface area contributed by atoms with Crippen LogP contribution < -0.4 is 0 Å². The lowest BCUT2D eigenvalue weighted by Gasteiger charge is -2.23. The minimum atomic E-state index is 0.739. The van der Waals surface area contributed by atoms with Crippen molar-refractivity contribution in [2.45, 2.75) is 66.8 Å². The van der Waals surface area contributed by atoms with E-state index >= 15 is 0 Å². The third-order valence-electron chi connectivity index (χ3n) is 6.27. The predicted molar refractivity (Wildman–Crippen MR) is 143 cm³/mol. The van der Waals surface area contributed by atoms with E-state index < -0.39 is 0 Å². The fourth-order valence-corrected chi connectivity index (χ4v) is 6.32. The van der Waals surface area contributed by atoms with Crippen LogP contribution in [0, 0.1) is 19.8 Å². The van der Waals surface area contributed by atoms with Crippen LogP contribution in [-0.2, 0) is 6.54 Å². The number of nitrogens with zero attached hydrogens (tertiary/aromatic N) is 3. The Morgan fingerprint density at radius 2 is 2.00 bits per heavy atom. The molecule has 2 aromatic rings. The van der Waals surface area contributed by atoms with E-state index in [9.17, 15) is 0 Å². The molecule has 0 saturated carbocycles. The predicted octanol–water partition coefficient (Wildman–Crippen LogP) is 8.03. The Morgan fingerprint density at radius 3 is 2.66 bits per heavy atom. The van der Waals surface area contributed by atoms with Gasteiger partial charge < -0.3 is 4.57 Å². The lowest BCUT2D eigenvalue weighted by molar-refractivity contribution is 0.415. The highest BCUT2D eigenvalue weighted by Crippen LogP contribution is 2.34. The molecule has 5 heteroatoms. The summed E-state index contributed by atoms with van der Waals surface area (Å²) in [6.45, 7) is 15.8. The molecule has 3 nitrogen and oxygen atoms in total. The van der Waals surface area contributed by atoms with Gasteiger partial charge in [0.05, 0.1) is 11.4 Å². The van der Waals surface area contributed by atoms with Crippen LogP contribution in [0.2, 0.25) is 0 Å². The number of hydrogen-bond acceptors (Lipinski definition) is 4. The van der Waals surface area contributed by atoms with E-state index in [1.54, 1.807) is 11.3 Å².